The number of thiocarbonyl (C=S) groups is 1. The van der Waals surface area contributed by atoms with E-state index in [1.807, 2.05) is 5.38 Å². The van der Waals surface area contributed by atoms with E-state index in [1.54, 1.807) is 17.5 Å². The molecule has 4 nitrogen and oxygen atoms in total. The van der Waals surface area contributed by atoms with Crippen molar-refractivity contribution in [1.29, 1.82) is 0 Å². The second-order valence-electron chi connectivity index (χ2n) is 5.80. The van der Waals surface area contributed by atoms with Crippen LogP contribution in [0.4, 0.5) is 0 Å². The number of nitrogens with one attached hydrogen (secondary N) is 2. The minimum Gasteiger partial charge on any atom is -0.388 e. The summed E-state index contributed by atoms with van der Waals surface area (Å²) >= 11 is 6.94. The molecule has 2 aliphatic carbocycles. The van der Waals surface area contributed by atoms with Crippen LogP contribution in [0.15, 0.2) is 17.2 Å². The first-order valence-electron chi connectivity index (χ1n) is 7.15. The van der Waals surface area contributed by atoms with Crippen LogP contribution in [0.5, 0.6) is 0 Å². The molecule has 0 radical (unpaired) electrons. The van der Waals surface area contributed by atoms with Crippen LogP contribution in [-0.4, -0.2) is 27.3 Å². The lowest BCUT2D eigenvalue weighted by Crippen LogP contribution is -2.49. The maximum atomic E-state index is 10.8. The highest BCUT2D eigenvalue weighted by atomic mass is 32.1. The largest absolute Gasteiger partial charge is 0.388 e. The SMILES string of the molecule is OC1C2=C(c3nccs3)NC(=S)NC2C2CCCCC12. The third kappa shape index (κ3) is 1.82. The van der Waals surface area contributed by atoms with Gasteiger partial charge in [0.05, 0.1) is 17.8 Å². The van der Waals surface area contributed by atoms with Crippen LogP contribution in [0.3, 0.4) is 0 Å². The summed E-state index contributed by atoms with van der Waals surface area (Å²) < 4.78 is 0. The van der Waals surface area contributed by atoms with Crippen molar-refractivity contribution in [3.8, 4) is 0 Å². The van der Waals surface area contributed by atoms with E-state index in [1.165, 1.54) is 19.3 Å². The summed E-state index contributed by atoms with van der Waals surface area (Å²) in [5.41, 5.74) is 2.01. The molecule has 2 heterocycles. The maximum absolute atomic E-state index is 10.8. The summed E-state index contributed by atoms with van der Waals surface area (Å²) in [5, 5.41) is 20.9. The molecule has 20 heavy (non-hydrogen) atoms. The van der Waals surface area contributed by atoms with Crippen molar-refractivity contribution >= 4 is 34.4 Å². The fourth-order valence-corrected chi connectivity index (χ4v) is 4.90. The molecule has 0 amide bonds. The third-order valence-corrected chi connectivity index (χ3v) is 5.83. The van der Waals surface area contributed by atoms with Crippen LogP contribution in [0, 0.1) is 11.8 Å². The van der Waals surface area contributed by atoms with E-state index in [2.05, 4.69) is 15.6 Å². The first-order chi connectivity index (χ1) is 9.75. The van der Waals surface area contributed by atoms with Gasteiger partial charge < -0.3 is 15.7 Å². The van der Waals surface area contributed by atoms with Crippen molar-refractivity contribution in [3.63, 3.8) is 0 Å². The quantitative estimate of drug-likeness (QED) is 0.692. The van der Waals surface area contributed by atoms with Crippen molar-refractivity contribution in [2.24, 2.45) is 11.8 Å². The number of nitrogens with zero attached hydrogens (tertiary/aromatic N) is 1. The van der Waals surface area contributed by atoms with Gasteiger partial charge in [-0.3, -0.25) is 0 Å². The molecular formula is C14H17N3OS2. The van der Waals surface area contributed by atoms with Crippen molar-refractivity contribution < 1.29 is 5.11 Å². The molecular weight excluding hydrogens is 290 g/mol. The fraction of sp³-hybridized carbons (Fsp3) is 0.571. The molecule has 6 heteroatoms. The predicted molar refractivity (Wildman–Crippen MR) is 83.1 cm³/mol. The molecule has 0 saturated heterocycles. The number of thiazole rings is 1. The zero-order chi connectivity index (χ0) is 13.7. The lowest BCUT2D eigenvalue weighted by atomic mass is 9.79. The summed E-state index contributed by atoms with van der Waals surface area (Å²) in [5.74, 6) is 0.873. The highest BCUT2D eigenvalue weighted by Crippen LogP contribution is 2.48. The second-order valence-corrected chi connectivity index (χ2v) is 7.10. The Labute approximate surface area is 127 Å². The van der Waals surface area contributed by atoms with Crippen molar-refractivity contribution in [2.45, 2.75) is 37.8 Å². The van der Waals surface area contributed by atoms with Crippen molar-refractivity contribution in [1.82, 2.24) is 15.6 Å². The van der Waals surface area contributed by atoms with E-state index in [4.69, 9.17) is 12.2 Å². The lowest BCUT2D eigenvalue weighted by Gasteiger charge is -2.32. The van der Waals surface area contributed by atoms with Gasteiger partial charge in [-0.15, -0.1) is 11.3 Å². The van der Waals surface area contributed by atoms with E-state index in [0.717, 1.165) is 22.7 Å². The topological polar surface area (TPSA) is 57.2 Å². The minimum atomic E-state index is -0.368. The van der Waals surface area contributed by atoms with Crippen LogP contribution >= 0.6 is 23.6 Å². The third-order valence-electron chi connectivity index (χ3n) is 4.82. The number of aliphatic hydroxyl groups excluding tert-OH is 1. The zero-order valence-corrected chi connectivity index (χ0v) is 12.6. The first kappa shape index (κ1) is 12.7. The molecule has 3 N–H and O–H groups in total. The van der Waals surface area contributed by atoms with E-state index in [9.17, 15) is 5.11 Å². The number of hydrogen-bond acceptors (Lipinski definition) is 4. The Morgan fingerprint density at radius 3 is 2.85 bits per heavy atom. The molecule has 2 fully saturated rings. The zero-order valence-electron chi connectivity index (χ0n) is 11.0. The van der Waals surface area contributed by atoms with Crippen molar-refractivity contribution in [2.75, 3.05) is 0 Å². The number of aromatic nitrogens is 1. The van der Waals surface area contributed by atoms with E-state index >= 15 is 0 Å². The summed E-state index contributed by atoms with van der Waals surface area (Å²) in [6, 6.07) is 0.183. The van der Waals surface area contributed by atoms with Gasteiger partial charge >= 0.3 is 0 Å². The van der Waals surface area contributed by atoms with Gasteiger partial charge in [0.2, 0.25) is 0 Å². The lowest BCUT2D eigenvalue weighted by molar-refractivity contribution is 0.111. The minimum absolute atomic E-state index is 0.183. The molecule has 2 saturated carbocycles. The summed E-state index contributed by atoms with van der Waals surface area (Å²) in [7, 11) is 0. The standard InChI is InChI=1S/C14H17N3OS2/c18-12-8-4-2-1-3-7(8)10-9(12)11(17-14(19)16-10)13-15-5-6-20-13/h5-8,10,12,18H,1-4H2,(H2,16,17,19). The second kappa shape index (κ2) is 4.79. The summed E-state index contributed by atoms with van der Waals surface area (Å²) in [6.45, 7) is 0. The molecule has 4 unspecified atom stereocenters. The van der Waals surface area contributed by atoms with Gasteiger partial charge in [0, 0.05) is 17.2 Å². The van der Waals surface area contributed by atoms with Gasteiger partial charge in [0.25, 0.3) is 0 Å². The number of hydrogen-bond donors (Lipinski definition) is 3. The molecule has 1 aliphatic heterocycles. The smallest absolute Gasteiger partial charge is 0.171 e. The Balaban J connectivity index is 1.83. The van der Waals surface area contributed by atoms with Gasteiger partial charge in [-0.05, 0) is 36.9 Å². The van der Waals surface area contributed by atoms with Gasteiger partial charge in [-0.1, -0.05) is 12.8 Å². The molecule has 1 aromatic rings. The number of fused-ring (bicyclic) bond motifs is 3. The van der Waals surface area contributed by atoms with Gasteiger partial charge in [-0.2, -0.15) is 0 Å². The average molecular weight is 307 g/mol. The molecule has 0 aromatic carbocycles. The highest BCUT2D eigenvalue weighted by Gasteiger charge is 2.50. The van der Waals surface area contributed by atoms with Crippen LogP contribution in [0.2, 0.25) is 0 Å². The Bertz CT molecular complexity index is 569. The van der Waals surface area contributed by atoms with E-state index < -0.39 is 0 Å². The highest BCUT2D eigenvalue weighted by molar-refractivity contribution is 7.80. The van der Waals surface area contributed by atoms with E-state index in [-0.39, 0.29) is 12.1 Å². The molecule has 3 aliphatic rings. The van der Waals surface area contributed by atoms with Crippen LogP contribution < -0.4 is 10.6 Å². The van der Waals surface area contributed by atoms with E-state index in [0.29, 0.717) is 16.9 Å². The Kier molecular flexibility index (Phi) is 3.05. The normalized spacial score (nSPS) is 36.1. The Morgan fingerprint density at radius 2 is 2.10 bits per heavy atom. The Hall–Kier alpha value is -0.980. The maximum Gasteiger partial charge on any atom is 0.171 e. The number of rotatable bonds is 1. The molecule has 0 bridgehead atoms. The summed E-state index contributed by atoms with van der Waals surface area (Å²) in [6.07, 6.45) is 6.20. The van der Waals surface area contributed by atoms with Crippen molar-refractivity contribution in [3.05, 3.63) is 22.2 Å². The molecule has 1 aromatic heterocycles. The summed E-state index contributed by atoms with van der Waals surface area (Å²) in [4.78, 5) is 4.39. The van der Waals surface area contributed by atoms with Gasteiger partial charge in [0.1, 0.15) is 5.01 Å². The van der Waals surface area contributed by atoms with Crippen LogP contribution in [0.25, 0.3) is 5.70 Å². The molecule has 106 valence electrons. The fourth-order valence-electron chi connectivity index (χ4n) is 4.01. The number of aliphatic hydroxyl groups is 1. The van der Waals surface area contributed by atoms with Gasteiger partial charge in [0.15, 0.2) is 5.11 Å². The van der Waals surface area contributed by atoms with Crippen LogP contribution in [-0.2, 0) is 0 Å². The average Bonchev–Trinajstić information content (AvgIpc) is 3.07. The van der Waals surface area contributed by atoms with Gasteiger partial charge in [-0.25, -0.2) is 4.98 Å². The Morgan fingerprint density at radius 1 is 1.30 bits per heavy atom. The predicted octanol–water partition coefficient (Wildman–Crippen LogP) is 1.88. The van der Waals surface area contributed by atoms with Crippen LogP contribution in [0.1, 0.15) is 30.7 Å². The molecule has 0 spiro atoms. The molecule has 4 rings (SSSR count). The first-order valence-corrected chi connectivity index (χ1v) is 8.44. The molecule has 4 atom stereocenters. The monoisotopic (exact) mass is 307 g/mol.